The molecular formula is C18H23FN4O2. The van der Waals surface area contributed by atoms with Gasteiger partial charge >= 0.3 is 0 Å². The van der Waals surface area contributed by atoms with Crippen molar-refractivity contribution in [1.29, 1.82) is 0 Å². The Morgan fingerprint density at radius 2 is 2.00 bits per heavy atom. The molecule has 3 rings (SSSR count). The van der Waals surface area contributed by atoms with Crippen LogP contribution in [0.5, 0.6) is 5.75 Å². The van der Waals surface area contributed by atoms with E-state index in [1.165, 1.54) is 24.3 Å². The lowest BCUT2D eigenvalue weighted by atomic mass is 9.96. The molecule has 134 valence electrons. The fourth-order valence-electron chi connectivity index (χ4n) is 3.15. The van der Waals surface area contributed by atoms with E-state index < -0.39 is 0 Å². The summed E-state index contributed by atoms with van der Waals surface area (Å²) in [7, 11) is 0. The molecule has 0 atom stereocenters. The van der Waals surface area contributed by atoms with Crippen molar-refractivity contribution in [2.75, 3.05) is 19.7 Å². The molecule has 1 aromatic heterocycles. The number of hydrogen-bond donors (Lipinski definition) is 0. The number of carbonyl (C=O) groups is 1. The van der Waals surface area contributed by atoms with Crippen LogP contribution in [0.15, 0.2) is 30.6 Å². The molecule has 0 aliphatic carbocycles. The lowest BCUT2D eigenvalue weighted by Gasteiger charge is -2.31. The van der Waals surface area contributed by atoms with Gasteiger partial charge in [0.1, 0.15) is 23.7 Å². The predicted molar refractivity (Wildman–Crippen MR) is 90.8 cm³/mol. The minimum Gasteiger partial charge on any atom is -0.484 e. The Labute approximate surface area is 146 Å². The number of amides is 1. The van der Waals surface area contributed by atoms with E-state index in [4.69, 9.17) is 4.74 Å². The van der Waals surface area contributed by atoms with Gasteiger partial charge in [0.05, 0.1) is 0 Å². The second-order valence-electron chi connectivity index (χ2n) is 6.28. The maximum atomic E-state index is 12.9. The predicted octanol–water partition coefficient (Wildman–Crippen LogP) is 2.61. The third-order valence-corrected chi connectivity index (χ3v) is 4.50. The van der Waals surface area contributed by atoms with Crippen molar-refractivity contribution in [3.8, 4) is 5.75 Å². The zero-order chi connectivity index (χ0) is 17.6. The maximum absolute atomic E-state index is 12.9. The number of halogens is 1. The summed E-state index contributed by atoms with van der Waals surface area (Å²) in [5, 5.41) is 8.29. The highest BCUT2D eigenvalue weighted by molar-refractivity contribution is 5.77. The van der Waals surface area contributed by atoms with Crippen LogP contribution in [0.3, 0.4) is 0 Å². The van der Waals surface area contributed by atoms with E-state index in [9.17, 15) is 9.18 Å². The molecule has 25 heavy (non-hydrogen) atoms. The molecule has 0 radical (unpaired) electrons. The standard InChI is InChI=1S/C18H23FN4O2/c1-2-9-23-13-20-21-18(23)14-7-10-22(11-8-14)17(24)12-25-16-5-3-15(19)4-6-16/h3-6,13-14H,2,7-12H2,1H3. The molecule has 1 aromatic carbocycles. The first-order valence-electron chi connectivity index (χ1n) is 8.71. The Bertz CT molecular complexity index is 693. The summed E-state index contributed by atoms with van der Waals surface area (Å²) in [5.74, 6) is 1.50. The number of aryl methyl sites for hydroxylation is 1. The average molecular weight is 346 g/mol. The summed E-state index contributed by atoms with van der Waals surface area (Å²) in [6.45, 7) is 4.41. The molecule has 1 fully saturated rings. The fourth-order valence-corrected chi connectivity index (χ4v) is 3.15. The van der Waals surface area contributed by atoms with E-state index in [-0.39, 0.29) is 18.3 Å². The number of rotatable bonds is 6. The number of nitrogens with zero attached hydrogens (tertiary/aromatic N) is 4. The summed E-state index contributed by atoms with van der Waals surface area (Å²) in [6, 6.07) is 5.68. The van der Waals surface area contributed by atoms with Crippen LogP contribution in [0.2, 0.25) is 0 Å². The van der Waals surface area contributed by atoms with Crippen LogP contribution >= 0.6 is 0 Å². The maximum Gasteiger partial charge on any atom is 0.260 e. The van der Waals surface area contributed by atoms with Gasteiger partial charge in [0, 0.05) is 25.6 Å². The normalized spacial score (nSPS) is 15.4. The number of ether oxygens (including phenoxy) is 1. The third kappa shape index (κ3) is 4.35. The molecule has 1 aliphatic rings. The van der Waals surface area contributed by atoms with E-state index in [1.807, 2.05) is 4.90 Å². The van der Waals surface area contributed by atoms with Crippen LogP contribution in [0.1, 0.15) is 37.9 Å². The van der Waals surface area contributed by atoms with Crippen molar-refractivity contribution < 1.29 is 13.9 Å². The molecule has 2 heterocycles. The van der Waals surface area contributed by atoms with Gasteiger partial charge in [-0.25, -0.2) is 4.39 Å². The minimum atomic E-state index is -0.323. The third-order valence-electron chi connectivity index (χ3n) is 4.50. The van der Waals surface area contributed by atoms with Gasteiger partial charge in [0.2, 0.25) is 0 Å². The van der Waals surface area contributed by atoms with Crippen LogP contribution < -0.4 is 4.74 Å². The molecular weight excluding hydrogens is 323 g/mol. The lowest BCUT2D eigenvalue weighted by molar-refractivity contribution is -0.134. The van der Waals surface area contributed by atoms with Crippen molar-refractivity contribution >= 4 is 5.91 Å². The average Bonchev–Trinajstić information content (AvgIpc) is 3.10. The Morgan fingerprint density at radius 3 is 2.68 bits per heavy atom. The summed E-state index contributed by atoms with van der Waals surface area (Å²) in [4.78, 5) is 14.1. The number of aromatic nitrogens is 3. The first kappa shape index (κ1) is 17.4. The zero-order valence-electron chi connectivity index (χ0n) is 14.4. The van der Waals surface area contributed by atoms with Gasteiger partial charge in [-0.3, -0.25) is 4.79 Å². The topological polar surface area (TPSA) is 60.2 Å². The number of likely N-dealkylation sites (tertiary alicyclic amines) is 1. The highest BCUT2D eigenvalue weighted by Gasteiger charge is 2.26. The Balaban J connectivity index is 1.49. The molecule has 0 unspecified atom stereocenters. The monoisotopic (exact) mass is 346 g/mol. The quantitative estimate of drug-likeness (QED) is 0.807. The van der Waals surface area contributed by atoms with E-state index >= 15 is 0 Å². The van der Waals surface area contributed by atoms with E-state index in [0.29, 0.717) is 24.8 Å². The second-order valence-corrected chi connectivity index (χ2v) is 6.28. The van der Waals surface area contributed by atoms with Gasteiger partial charge < -0.3 is 14.2 Å². The molecule has 1 amide bonds. The van der Waals surface area contributed by atoms with Gasteiger partial charge in [0.25, 0.3) is 5.91 Å². The van der Waals surface area contributed by atoms with E-state index in [2.05, 4.69) is 21.7 Å². The first-order valence-corrected chi connectivity index (χ1v) is 8.71. The van der Waals surface area contributed by atoms with Crippen molar-refractivity contribution in [2.45, 2.75) is 38.6 Å². The molecule has 6 nitrogen and oxygen atoms in total. The van der Waals surface area contributed by atoms with E-state index in [1.54, 1.807) is 6.33 Å². The van der Waals surface area contributed by atoms with Crippen LogP contribution in [0, 0.1) is 5.82 Å². The van der Waals surface area contributed by atoms with Gasteiger partial charge in [-0.15, -0.1) is 10.2 Å². The summed E-state index contributed by atoms with van der Waals surface area (Å²) < 4.78 is 20.4. The number of piperidine rings is 1. The zero-order valence-corrected chi connectivity index (χ0v) is 14.4. The molecule has 2 aromatic rings. The minimum absolute atomic E-state index is 0.0255. The molecule has 0 spiro atoms. The molecule has 0 bridgehead atoms. The van der Waals surface area contributed by atoms with Crippen molar-refractivity contribution in [3.05, 3.63) is 42.2 Å². The van der Waals surface area contributed by atoms with Crippen molar-refractivity contribution in [3.63, 3.8) is 0 Å². The highest BCUT2D eigenvalue weighted by atomic mass is 19.1. The van der Waals surface area contributed by atoms with Gasteiger partial charge in [0.15, 0.2) is 6.61 Å². The SMILES string of the molecule is CCCn1cnnc1C1CCN(C(=O)COc2ccc(F)cc2)CC1. The largest absolute Gasteiger partial charge is 0.484 e. The molecule has 0 N–H and O–H groups in total. The van der Waals surface area contributed by atoms with Crippen LogP contribution in [-0.4, -0.2) is 45.3 Å². The van der Waals surface area contributed by atoms with Crippen LogP contribution in [0.4, 0.5) is 4.39 Å². The first-order chi connectivity index (χ1) is 12.2. The molecule has 0 saturated carbocycles. The number of carbonyl (C=O) groups excluding carboxylic acids is 1. The molecule has 7 heteroatoms. The second kappa shape index (κ2) is 8.09. The Morgan fingerprint density at radius 1 is 1.28 bits per heavy atom. The Hall–Kier alpha value is -2.44. The molecule has 1 aliphatic heterocycles. The van der Waals surface area contributed by atoms with Gasteiger partial charge in [-0.05, 0) is 43.5 Å². The summed E-state index contributed by atoms with van der Waals surface area (Å²) in [5.41, 5.74) is 0. The van der Waals surface area contributed by atoms with Gasteiger partial charge in [-0.2, -0.15) is 0 Å². The van der Waals surface area contributed by atoms with Crippen molar-refractivity contribution in [1.82, 2.24) is 19.7 Å². The van der Waals surface area contributed by atoms with Crippen molar-refractivity contribution in [2.24, 2.45) is 0 Å². The van der Waals surface area contributed by atoms with Crippen LogP contribution in [0.25, 0.3) is 0 Å². The smallest absolute Gasteiger partial charge is 0.260 e. The highest BCUT2D eigenvalue weighted by Crippen LogP contribution is 2.26. The Kier molecular flexibility index (Phi) is 5.63. The lowest BCUT2D eigenvalue weighted by Crippen LogP contribution is -2.40. The number of benzene rings is 1. The van der Waals surface area contributed by atoms with Crippen LogP contribution in [-0.2, 0) is 11.3 Å². The summed E-state index contributed by atoms with van der Waals surface area (Å²) >= 11 is 0. The number of hydrogen-bond acceptors (Lipinski definition) is 4. The molecule has 1 saturated heterocycles. The van der Waals surface area contributed by atoms with E-state index in [0.717, 1.165) is 31.6 Å². The fraction of sp³-hybridized carbons (Fsp3) is 0.500. The van der Waals surface area contributed by atoms with Gasteiger partial charge in [-0.1, -0.05) is 6.92 Å². The summed E-state index contributed by atoms with van der Waals surface area (Å²) in [6.07, 6.45) is 4.59.